The highest BCUT2D eigenvalue weighted by atomic mass is 16.5. The second kappa shape index (κ2) is 7.72. The Morgan fingerprint density at radius 2 is 1.81 bits per heavy atom. The predicted octanol–water partition coefficient (Wildman–Crippen LogP) is 2.13. The zero-order chi connectivity index (χ0) is 18.7. The average Bonchev–Trinajstić information content (AvgIpc) is 3.15. The monoisotopic (exact) mass is 357 g/mol. The Kier molecular flexibility index (Phi) is 5.39. The van der Waals surface area contributed by atoms with E-state index in [4.69, 9.17) is 9.62 Å². The van der Waals surface area contributed by atoms with Gasteiger partial charge in [-0.05, 0) is 43.7 Å². The highest BCUT2D eigenvalue weighted by molar-refractivity contribution is 5.93. The fraction of sp³-hybridized carbons (Fsp3) is 0.368. The van der Waals surface area contributed by atoms with Gasteiger partial charge in [0.1, 0.15) is 0 Å². The summed E-state index contributed by atoms with van der Waals surface area (Å²) in [6.45, 7) is 6.33. The summed E-state index contributed by atoms with van der Waals surface area (Å²) in [7, 11) is 0. The number of carbonyl (C=O) groups is 2. The van der Waals surface area contributed by atoms with Gasteiger partial charge in [-0.15, -0.1) is 0 Å². The lowest BCUT2D eigenvalue weighted by Gasteiger charge is -2.44. The Morgan fingerprint density at radius 3 is 2.35 bits per heavy atom. The summed E-state index contributed by atoms with van der Waals surface area (Å²) in [5.41, 5.74) is 3.11. The summed E-state index contributed by atoms with van der Waals surface area (Å²) in [6, 6.07) is 10.7. The lowest BCUT2D eigenvalue weighted by Crippen LogP contribution is -2.58. The lowest BCUT2D eigenvalue weighted by molar-refractivity contribution is 0.0243. The number of carbonyl (C=O) groups excluding carboxylic acids is 2. The number of hydroxylamine groups is 1. The van der Waals surface area contributed by atoms with Crippen molar-refractivity contribution in [1.82, 2.24) is 15.3 Å². The molecule has 2 unspecified atom stereocenters. The zero-order valence-electron chi connectivity index (χ0n) is 14.9. The van der Waals surface area contributed by atoms with E-state index in [2.05, 4.69) is 4.90 Å². The Morgan fingerprint density at radius 1 is 1.15 bits per heavy atom. The molecule has 1 saturated heterocycles. The Balaban J connectivity index is 1.64. The highest BCUT2D eigenvalue weighted by Crippen LogP contribution is 2.21. The number of hydrogen-bond acceptors (Lipinski definition) is 5. The topological polar surface area (TPSA) is 86.0 Å². The quantitative estimate of drug-likeness (QED) is 0.647. The molecule has 7 nitrogen and oxygen atoms in total. The standard InChI is InChI=1S/C19H23N3O4/c1-13-10-21(12-15-5-7-16(8-6-15)18(23)20-25)11-14(2)22(13)19(24)17-4-3-9-26-17/h3-9,13-14,25H,10-12H2,1-2H3,(H,20,23). The number of hydrogen-bond donors (Lipinski definition) is 2. The van der Waals surface area contributed by atoms with Gasteiger partial charge in [-0.25, -0.2) is 5.48 Å². The van der Waals surface area contributed by atoms with Gasteiger partial charge in [-0.1, -0.05) is 12.1 Å². The maximum Gasteiger partial charge on any atom is 0.290 e. The van der Waals surface area contributed by atoms with Crippen LogP contribution in [-0.2, 0) is 6.54 Å². The first kappa shape index (κ1) is 18.2. The van der Waals surface area contributed by atoms with Crippen LogP contribution in [0.1, 0.15) is 40.3 Å². The van der Waals surface area contributed by atoms with E-state index in [9.17, 15) is 9.59 Å². The van der Waals surface area contributed by atoms with E-state index in [-0.39, 0.29) is 18.0 Å². The molecule has 2 atom stereocenters. The van der Waals surface area contributed by atoms with Crippen LogP contribution in [0.3, 0.4) is 0 Å². The predicted molar refractivity (Wildman–Crippen MR) is 94.8 cm³/mol. The largest absolute Gasteiger partial charge is 0.459 e. The van der Waals surface area contributed by atoms with Crippen molar-refractivity contribution in [2.75, 3.05) is 13.1 Å². The number of nitrogens with one attached hydrogen (secondary N) is 1. The summed E-state index contributed by atoms with van der Waals surface area (Å²) in [4.78, 5) is 28.2. The fourth-order valence-electron chi connectivity index (χ4n) is 3.57. The summed E-state index contributed by atoms with van der Waals surface area (Å²) >= 11 is 0. The zero-order valence-corrected chi connectivity index (χ0v) is 14.9. The van der Waals surface area contributed by atoms with Gasteiger partial charge in [0.05, 0.1) is 6.26 Å². The van der Waals surface area contributed by atoms with Crippen molar-refractivity contribution in [3.8, 4) is 0 Å². The van der Waals surface area contributed by atoms with Crippen LogP contribution in [0.15, 0.2) is 47.1 Å². The third-order valence-corrected chi connectivity index (χ3v) is 4.68. The second-order valence-electron chi connectivity index (χ2n) is 6.72. The SMILES string of the molecule is CC1CN(Cc2ccc(C(=O)NO)cc2)CC(C)N1C(=O)c1ccco1. The van der Waals surface area contributed by atoms with Crippen molar-refractivity contribution < 1.29 is 19.2 Å². The van der Waals surface area contributed by atoms with Crippen molar-refractivity contribution in [2.45, 2.75) is 32.5 Å². The summed E-state index contributed by atoms with van der Waals surface area (Å²) in [5.74, 6) is -0.229. The van der Waals surface area contributed by atoms with Gasteiger partial charge in [-0.3, -0.25) is 19.7 Å². The first-order valence-electron chi connectivity index (χ1n) is 8.61. The van der Waals surface area contributed by atoms with Crippen molar-refractivity contribution >= 4 is 11.8 Å². The molecule has 138 valence electrons. The molecule has 0 spiro atoms. The molecule has 1 fully saturated rings. The van der Waals surface area contributed by atoms with E-state index < -0.39 is 5.91 Å². The molecule has 2 aromatic rings. The van der Waals surface area contributed by atoms with Gasteiger partial charge in [0.15, 0.2) is 5.76 Å². The summed E-state index contributed by atoms with van der Waals surface area (Å²) in [5, 5.41) is 8.67. The molecule has 0 aliphatic carbocycles. The van der Waals surface area contributed by atoms with Gasteiger partial charge in [0, 0.05) is 37.3 Å². The molecule has 2 amide bonds. The third kappa shape index (κ3) is 3.79. The van der Waals surface area contributed by atoms with E-state index in [1.54, 1.807) is 29.7 Å². The van der Waals surface area contributed by atoms with Gasteiger partial charge >= 0.3 is 0 Å². The van der Waals surface area contributed by atoms with Crippen LogP contribution in [0.4, 0.5) is 0 Å². The molecule has 26 heavy (non-hydrogen) atoms. The first-order valence-corrected chi connectivity index (χ1v) is 8.61. The van der Waals surface area contributed by atoms with Crippen LogP contribution in [0.25, 0.3) is 0 Å². The number of nitrogens with zero attached hydrogens (tertiary/aromatic N) is 2. The van der Waals surface area contributed by atoms with Crippen LogP contribution < -0.4 is 5.48 Å². The van der Waals surface area contributed by atoms with Gasteiger partial charge in [0.25, 0.3) is 11.8 Å². The summed E-state index contributed by atoms with van der Waals surface area (Å²) < 4.78 is 5.25. The van der Waals surface area contributed by atoms with Crippen molar-refractivity contribution in [3.05, 3.63) is 59.5 Å². The number of rotatable bonds is 4. The van der Waals surface area contributed by atoms with Crippen molar-refractivity contribution in [3.63, 3.8) is 0 Å². The summed E-state index contributed by atoms with van der Waals surface area (Å²) in [6.07, 6.45) is 1.51. The third-order valence-electron chi connectivity index (χ3n) is 4.68. The fourth-order valence-corrected chi connectivity index (χ4v) is 3.57. The number of benzene rings is 1. The molecule has 0 bridgehead atoms. The van der Waals surface area contributed by atoms with E-state index in [1.807, 2.05) is 30.9 Å². The van der Waals surface area contributed by atoms with Crippen LogP contribution >= 0.6 is 0 Å². The normalized spacial score (nSPS) is 20.8. The van der Waals surface area contributed by atoms with E-state index >= 15 is 0 Å². The lowest BCUT2D eigenvalue weighted by atomic mass is 10.1. The minimum absolute atomic E-state index is 0.0655. The van der Waals surface area contributed by atoms with E-state index in [0.717, 1.165) is 25.2 Å². The van der Waals surface area contributed by atoms with Crippen LogP contribution in [-0.4, -0.2) is 52.0 Å². The molecule has 7 heteroatoms. The molecule has 1 aromatic heterocycles. The number of piperazine rings is 1. The average molecular weight is 357 g/mol. The van der Waals surface area contributed by atoms with Crippen LogP contribution in [0.5, 0.6) is 0 Å². The Labute approximate surface area is 152 Å². The second-order valence-corrected chi connectivity index (χ2v) is 6.72. The van der Waals surface area contributed by atoms with E-state index in [0.29, 0.717) is 11.3 Å². The van der Waals surface area contributed by atoms with Crippen LogP contribution in [0, 0.1) is 0 Å². The maximum absolute atomic E-state index is 12.6. The molecule has 0 radical (unpaired) electrons. The Bertz CT molecular complexity index is 746. The van der Waals surface area contributed by atoms with Gasteiger partial charge in [0.2, 0.25) is 0 Å². The first-order chi connectivity index (χ1) is 12.5. The molecule has 1 aromatic carbocycles. The molecule has 3 rings (SSSR count). The molecule has 0 saturated carbocycles. The molecule has 1 aliphatic heterocycles. The van der Waals surface area contributed by atoms with Gasteiger partial charge < -0.3 is 9.32 Å². The highest BCUT2D eigenvalue weighted by Gasteiger charge is 2.34. The molecule has 2 heterocycles. The minimum Gasteiger partial charge on any atom is -0.459 e. The number of amides is 2. The minimum atomic E-state index is -0.524. The number of furan rings is 1. The molecule has 2 N–H and O–H groups in total. The smallest absolute Gasteiger partial charge is 0.290 e. The van der Waals surface area contributed by atoms with Crippen molar-refractivity contribution in [2.24, 2.45) is 0 Å². The molecular formula is C19H23N3O4. The van der Waals surface area contributed by atoms with Gasteiger partial charge in [-0.2, -0.15) is 0 Å². The maximum atomic E-state index is 12.6. The van der Waals surface area contributed by atoms with Crippen molar-refractivity contribution in [1.29, 1.82) is 0 Å². The molecule has 1 aliphatic rings. The van der Waals surface area contributed by atoms with Crippen LogP contribution in [0.2, 0.25) is 0 Å². The molecular weight excluding hydrogens is 334 g/mol. The Hall–Kier alpha value is -2.64. The van der Waals surface area contributed by atoms with E-state index in [1.165, 1.54) is 6.26 Å².